The Hall–Kier alpha value is -3.35. The van der Waals surface area contributed by atoms with Gasteiger partial charge in [0, 0.05) is 13.1 Å². The third-order valence-electron chi connectivity index (χ3n) is 7.49. The molecule has 2 unspecified atom stereocenters. The molecule has 240 valence electrons. The van der Waals surface area contributed by atoms with Crippen LogP contribution in [0.25, 0.3) is 0 Å². The number of hydrogen-bond donors (Lipinski definition) is 4. The van der Waals surface area contributed by atoms with Crippen LogP contribution in [-0.4, -0.2) is 69.7 Å². The van der Waals surface area contributed by atoms with Gasteiger partial charge in [-0.15, -0.1) is 0 Å². The lowest BCUT2D eigenvalue weighted by atomic mass is 9.97. The number of nitrogens with zero attached hydrogens (tertiary/aromatic N) is 2. The zero-order valence-electron chi connectivity index (χ0n) is 26.6. The molecule has 0 saturated heterocycles. The smallest absolute Gasteiger partial charge is 0.264 e. The van der Waals surface area contributed by atoms with Gasteiger partial charge in [-0.1, -0.05) is 53.2 Å². The Labute approximate surface area is 256 Å². The summed E-state index contributed by atoms with van der Waals surface area (Å²) in [5.41, 5.74) is 9.61. The van der Waals surface area contributed by atoms with E-state index in [1.54, 1.807) is 44.3 Å². The van der Waals surface area contributed by atoms with Crippen molar-refractivity contribution in [3.63, 3.8) is 0 Å². The molecule has 0 heterocycles. The number of hydrazine groups is 1. The highest BCUT2D eigenvalue weighted by atomic mass is 32.2. The Balaban J connectivity index is 2.40. The first-order valence-electron chi connectivity index (χ1n) is 14.7. The highest BCUT2D eigenvalue weighted by molar-refractivity contribution is 7.92. The molecule has 4 atom stereocenters. The third kappa shape index (κ3) is 9.32. The number of nitrogens with two attached hydrogens (primary N) is 1. The Morgan fingerprint density at radius 2 is 1.65 bits per heavy atom. The first-order chi connectivity index (χ1) is 20.2. The number of aromatic hydroxyl groups is 1. The summed E-state index contributed by atoms with van der Waals surface area (Å²) in [5, 5.41) is 15.5. The molecule has 2 rings (SSSR count). The van der Waals surface area contributed by atoms with Gasteiger partial charge >= 0.3 is 0 Å². The molecule has 0 radical (unpaired) electrons. The molecule has 0 aliphatic heterocycles. The lowest BCUT2D eigenvalue weighted by molar-refractivity contribution is -0.144. The second-order valence-electron chi connectivity index (χ2n) is 11.5. The lowest BCUT2D eigenvalue weighted by Gasteiger charge is -2.31. The van der Waals surface area contributed by atoms with E-state index in [0.717, 1.165) is 0 Å². The summed E-state index contributed by atoms with van der Waals surface area (Å²) in [5.74, 6) is -0.772. The highest BCUT2D eigenvalue weighted by Crippen LogP contribution is 2.36. The van der Waals surface area contributed by atoms with Crippen LogP contribution in [0.1, 0.15) is 53.5 Å². The fourth-order valence-electron chi connectivity index (χ4n) is 4.46. The molecule has 0 saturated carbocycles. The number of sulfonamides is 1. The number of carbonyl (C=O) groups excluding carboxylic acids is 2. The number of nitrogens with one attached hydrogen (secondary N) is 2. The van der Waals surface area contributed by atoms with Crippen LogP contribution in [0.15, 0.2) is 47.4 Å². The zero-order valence-corrected chi connectivity index (χ0v) is 27.4. The van der Waals surface area contributed by atoms with Gasteiger partial charge in [0.15, 0.2) is 0 Å². The van der Waals surface area contributed by atoms with Crippen LogP contribution in [0, 0.1) is 17.8 Å². The van der Waals surface area contributed by atoms with Gasteiger partial charge in [-0.05, 0) is 74.0 Å². The third-order valence-corrected chi connectivity index (χ3v) is 9.28. The predicted octanol–water partition coefficient (Wildman–Crippen LogP) is 3.27. The average molecular weight is 620 g/mol. The monoisotopic (exact) mass is 619 g/mol. The maximum atomic E-state index is 13.8. The molecule has 0 spiro atoms. The molecule has 0 bridgehead atoms. The van der Waals surface area contributed by atoms with Crippen molar-refractivity contribution in [2.75, 3.05) is 31.6 Å². The number of phenols is 1. The maximum absolute atomic E-state index is 13.8. The van der Waals surface area contributed by atoms with Crippen LogP contribution >= 0.6 is 0 Å². The Kier molecular flexibility index (Phi) is 13.3. The zero-order chi connectivity index (χ0) is 32.5. The minimum atomic E-state index is -4.02. The second kappa shape index (κ2) is 15.9. The van der Waals surface area contributed by atoms with Crippen molar-refractivity contribution in [2.45, 2.75) is 71.4 Å². The summed E-state index contributed by atoms with van der Waals surface area (Å²) in [4.78, 5) is 26.1. The van der Waals surface area contributed by atoms with Crippen molar-refractivity contribution in [3.05, 3.63) is 48.0 Å². The van der Waals surface area contributed by atoms with E-state index < -0.39 is 28.0 Å². The fraction of sp³-hybridized carbons (Fsp3) is 0.548. The van der Waals surface area contributed by atoms with Crippen molar-refractivity contribution >= 4 is 27.5 Å². The summed E-state index contributed by atoms with van der Waals surface area (Å²) in [6.45, 7) is 11.5. The largest absolute Gasteiger partial charge is 0.505 e. The molecule has 2 aromatic rings. The van der Waals surface area contributed by atoms with E-state index in [1.807, 2.05) is 34.6 Å². The number of para-hydroxylation sites is 1. The minimum Gasteiger partial charge on any atom is -0.505 e. The fourth-order valence-corrected chi connectivity index (χ4v) is 6.09. The van der Waals surface area contributed by atoms with Gasteiger partial charge in [-0.25, -0.2) is 8.42 Å². The summed E-state index contributed by atoms with van der Waals surface area (Å²) < 4.78 is 33.9. The number of ether oxygens (including phenoxy) is 1. The number of carbonyl (C=O) groups is 2. The first kappa shape index (κ1) is 35.8. The maximum Gasteiger partial charge on any atom is 0.264 e. The quantitative estimate of drug-likeness (QED) is 0.222. The van der Waals surface area contributed by atoms with Crippen LogP contribution in [0.2, 0.25) is 0 Å². The van der Waals surface area contributed by atoms with Gasteiger partial charge in [0.05, 0.1) is 29.8 Å². The van der Waals surface area contributed by atoms with Crippen LogP contribution < -0.4 is 25.5 Å². The number of anilines is 1. The Morgan fingerprint density at radius 3 is 2.19 bits per heavy atom. The topological polar surface area (TPSA) is 154 Å². The molecule has 43 heavy (non-hydrogen) atoms. The number of methoxy groups -OCH3 is 1. The number of hydrogen-bond acceptors (Lipinski definition) is 8. The number of amides is 2. The van der Waals surface area contributed by atoms with Crippen LogP contribution in [-0.2, 0) is 26.0 Å². The standard InChI is InChI=1S/C31H49N5O6S/c1-9-22(5)28(32)31(39)35(34-30(38)23(6)33-7)19-21(4)17-24-11-10-12-27(29(24)37)36(18-20(2)3)43(40,41)26-15-13-25(42-8)14-16-26/h10-16,20-23,28,33,37H,9,17-19,32H2,1-8H3,(H,34,38)/t21?,22-,23?,28-/m0/s1. The van der Waals surface area contributed by atoms with Crippen LogP contribution in [0.4, 0.5) is 5.69 Å². The average Bonchev–Trinajstić information content (AvgIpc) is 2.98. The van der Waals surface area contributed by atoms with Gasteiger partial charge in [0.1, 0.15) is 11.5 Å². The van der Waals surface area contributed by atoms with E-state index in [2.05, 4.69) is 10.7 Å². The van der Waals surface area contributed by atoms with Crippen molar-refractivity contribution in [3.8, 4) is 11.5 Å². The number of benzene rings is 2. The Bertz CT molecular complexity index is 1320. The molecule has 11 nitrogen and oxygen atoms in total. The summed E-state index contributed by atoms with van der Waals surface area (Å²) in [6, 6.07) is 9.77. The van der Waals surface area contributed by atoms with E-state index >= 15 is 0 Å². The molecule has 0 aliphatic carbocycles. The van der Waals surface area contributed by atoms with Crippen molar-refractivity contribution in [1.82, 2.24) is 15.8 Å². The van der Waals surface area contributed by atoms with E-state index in [-0.39, 0.29) is 53.1 Å². The van der Waals surface area contributed by atoms with E-state index in [1.165, 1.54) is 28.6 Å². The minimum absolute atomic E-state index is 0.0343. The predicted molar refractivity (Wildman–Crippen MR) is 169 cm³/mol. The molecular formula is C31H49N5O6S. The molecular weight excluding hydrogens is 570 g/mol. The number of rotatable bonds is 15. The van der Waals surface area contributed by atoms with Gasteiger partial charge in [-0.3, -0.25) is 24.3 Å². The van der Waals surface area contributed by atoms with E-state index in [4.69, 9.17) is 10.5 Å². The second-order valence-corrected chi connectivity index (χ2v) is 13.4. The molecule has 5 N–H and O–H groups in total. The van der Waals surface area contributed by atoms with Gasteiger partial charge in [0.2, 0.25) is 0 Å². The number of phenolic OH excluding ortho intramolecular Hbond substituents is 1. The van der Waals surface area contributed by atoms with E-state index in [9.17, 15) is 23.1 Å². The van der Waals surface area contributed by atoms with Gasteiger partial charge < -0.3 is 20.9 Å². The molecule has 2 aromatic carbocycles. The van der Waals surface area contributed by atoms with Gasteiger partial charge in [0.25, 0.3) is 21.8 Å². The lowest BCUT2D eigenvalue weighted by Crippen LogP contribution is -2.58. The molecule has 2 amide bonds. The van der Waals surface area contributed by atoms with Crippen molar-refractivity contribution in [1.29, 1.82) is 0 Å². The molecule has 0 fully saturated rings. The Morgan fingerprint density at radius 1 is 1.02 bits per heavy atom. The van der Waals surface area contributed by atoms with Crippen LogP contribution in [0.5, 0.6) is 11.5 Å². The SMILES string of the molecule is CC[C@H](C)[C@H](N)C(=O)N(CC(C)Cc1cccc(N(CC(C)C)S(=O)(=O)c2ccc(OC)cc2)c1O)NC(=O)C(C)NC. The molecule has 12 heteroatoms. The summed E-state index contributed by atoms with van der Waals surface area (Å²) >= 11 is 0. The summed E-state index contributed by atoms with van der Waals surface area (Å²) in [7, 11) is -0.864. The highest BCUT2D eigenvalue weighted by Gasteiger charge is 2.31. The summed E-state index contributed by atoms with van der Waals surface area (Å²) in [6.07, 6.45) is 1.00. The molecule has 0 aromatic heterocycles. The first-order valence-corrected chi connectivity index (χ1v) is 16.1. The normalized spacial score (nSPS) is 14.5. The van der Waals surface area contributed by atoms with Crippen LogP contribution in [0.3, 0.4) is 0 Å². The molecule has 0 aliphatic rings. The van der Waals surface area contributed by atoms with Gasteiger partial charge in [-0.2, -0.15) is 0 Å². The van der Waals surface area contributed by atoms with Crippen molar-refractivity contribution < 1.29 is 27.9 Å². The number of likely N-dealkylation sites (N-methyl/N-ethyl adjacent to an activating group) is 1. The van der Waals surface area contributed by atoms with E-state index in [0.29, 0.717) is 24.2 Å². The van der Waals surface area contributed by atoms with Crippen molar-refractivity contribution in [2.24, 2.45) is 23.5 Å².